The van der Waals surface area contributed by atoms with Crippen LogP contribution in [0.1, 0.15) is 26.2 Å². The summed E-state index contributed by atoms with van der Waals surface area (Å²) < 4.78 is 44.7. The van der Waals surface area contributed by atoms with Crippen molar-refractivity contribution in [3.63, 3.8) is 0 Å². The molecule has 1 amide bonds. The minimum atomic E-state index is -3.83. The van der Waals surface area contributed by atoms with E-state index in [-0.39, 0.29) is 22.8 Å². The smallest absolute Gasteiger partial charge is 0.287 e. The number of carbonyl (C=O) groups excluding carboxylic acids is 1. The van der Waals surface area contributed by atoms with Gasteiger partial charge < -0.3 is 9.73 Å². The van der Waals surface area contributed by atoms with Gasteiger partial charge in [0.2, 0.25) is 0 Å². The minimum absolute atomic E-state index is 0.0158. The third-order valence-corrected chi connectivity index (χ3v) is 7.10. The lowest BCUT2D eigenvalue weighted by Crippen LogP contribution is -2.31. The van der Waals surface area contributed by atoms with E-state index < -0.39 is 26.8 Å². The molecule has 0 aliphatic heterocycles. The van der Waals surface area contributed by atoms with Crippen molar-refractivity contribution in [3.05, 3.63) is 76.1 Å². The van der Waals surface area contributed by atoms with E-state index in [1.54, 1.807) is 23.6 Å². The Kier molecular flexibility index (Phi) is 5.24. The standard InChI is InChI=1S/C18H16FNO4S2/c1-12-10-13(6-7-14(12)19)26(22,23)17(16-5-3-9-25-16)11-20-18(21)15-4-2-8-24-15/h2-10,17H,11H2,1H3,(H,20,21). The van der Waals surface area contributed by atoms with E-state index in [0.29, 0.717) is 4.88 Å². The zero-order chi connectivity index (χ0) is 18.7. The highest BCUT2D eigenvalue weighted by atomic mass is 32.2. The number of hydrogen-bond donors (Lipinski definition) is 1. The Hall–Kier alpha value is -2.45. The molecule has 136 valence electrons. The molecule has 0 radical (unpaired) electrons. The summed E-state index contributed by atoms with van der Waals surface area (Å²) in [4.78, 5) is 12.7. The Bertz CT molecular complexity index is 996. The molecule has 5 nitrogen and oxygen atoms in total. The highest BCUT2D eigenvalue weighted by Gasteiger charge is 2.31. The summed E-state index contributed by atoms with van der Waals surface area (Å²) in [5.74, 6) is -0.866. The first-order chi connectivity index (χ1) is 12.4. The fourth-order valence-electron chi connectivity index (χ4n) is 2.48. The topological polar surface area (TPSA) is 76.4 Å². The van der Waals surface area contributed by atoms with Crippen molar-refractivity contribution in [1.82, 2.24) is 5.32 Å². The normalized spacial score (nSPS) is 12.7. The van der Waals surface area contributed by atoms with Gasteiger partial charge in [-0.3, -0.25) is 4.79 Å². The average molecular weight is 393 g/mol. The molecule has 1 unspecified atom stereocenters. The van der Waals surface area contributed by atoms with Gasteiger partial charge in [0.05, 0.1) is 11.2 Å². The van der Waals surface area contributed by atoms with E-state index >= 15 is 0 Å². The number of sulfone groups is 1. The number of furan rings is 1. The number of rotatable bonds is 6. The Balaban J connectivity index is 1.90. The summed E-state index contributed by atoms with van der Waals surface area (Å²) in [5, 5.41) is 3.38. The maximum atomic E-state index is 13.5. The summed E-state index contributed by atoms with van der Waals surface area (Å²) in [5.41, 5.74) is 0.246. The molecule has 0 aliphatic carbocycles. The lowest BCUT2D eigenvalue weighted by molar-refractivity contribution is 0.0926. The third-order valence-electron chi connectivity index (χ3n) is 3.89. The first-order valence-corrected chi connectivity index (χ1v) is 10.2. The van der Waals surface area contributed by atoms with Crippen LogP contribution < -0.4 is 5.32 Å². The van der Waals surface area contributed by atoms with E-state index in [0.717, 1.165) is 6.07 Å². The van der Waals surface area contributed by atoms with Crippen LogP contribution in [0.5, 0.6) is 0 Å². The summed E-state index contributed by atoms with van der Waals surface area (Å²) in [7, 11) is -3.83. The number of carbonyl (C=O) groups is 1. The van der Waals surface area contributed by atoms with Gasteiger partial charge in [-0.05, 0) is 54.3 Å². The molecule has 0 saturated heterocycles. The predicted octanol–water partition coefficient (Wildman–Crippen LogP) is 3.73. The molecule has 0 bridgehead atoms. The number of nitrogens with one attached hydrogen (secondary N) is 1. The SMILES string of the molecule is Cc1cc(S(=O)(=O)C(CNC(=O)c2ccco2)c2cccs2)ccc1F. The van der Waals surface area contributed by atoms with Crippen LogP contribution in [0.4, 0.5) is 4.39 Å². The van der Waals surface area contributed by atoms with Gasteiger partial charge in [-0.15, -0.1) is 11.3 Å². The number of benzene rings is 1. The van der Waals surface area contributed by atoms with Gasteiger partial charge in [-0.1, -0.05) is 6.07 Å². The number of thiophene rings is 1. The molecule has 0 fully saturated rings. The van der Waals surface area contributed by atoms with Gasteiger partial charge in [0.15, 0.2) is 15.6 Å². The lowest BCUT2D eigenvalue weighted by Gasteiger charge is -2.17. The molecule has 0 saturated carbocycles. The molecule has 3 rings (SSSR count). The summed E-state index contributed by atoms with van der Waals surface area (Å²) >= 11 is 1.28. The van der Waals surface area contributed by atoms with Gasteiger partial charge in [0.25, 0.3) is 5.91 Å². The van der Waals surface area contributed by atoms with E-state index in [4.69, 9.17) is 4.42 Å². The van der Waals surface area contributed by atoms with Crippen molar-refractivity contribution in [2.75, 3.05) is 6.54 Å². The Morgan fingerprint density at radius 3 is 2.69 bits per heavy atom. The van der Waals surface area contributed by atoms with Crippen LogP contribution in [0.2, 0.25) is 0 Å². The van der Waals surface area contributed by atoms with Crippen molar-refractivity contribution in [1.29, 1.82) is 0 Å². The second kappa shape index (κ2) is 7.43. The zero-order valence-electron chi connectivity index (χ0n) is 13.8. The van der Waals surface area contributed by atoms with Crippen molar-refractivity contribution >= 4 is 27.1 Å². The van der Waals surface area contributed by atoms with Crippen LogP contribution in [0.25, 0.3) is 0 Å². The number of hydrogen-bond acceptors (Lipinski definition) is 5. The molecule has 0 spiro atoms. The number of aryl methyl sites for hydroxylation is 1. The van der Waals surface area contributed by atoms with Crippen molar-refractivity contribution < 1.29 is 22.0 Å². The maximum absolute atomic E-state index is 13.5. The van der Waals surface area contributed by atoms with Crippen LogP contribution in [-0.2, 0) is 9.84 Å². The molecule has 26 heavy (non-hydrogen) atoms. The quantitative estimate of drug-likeness (QED) is 0.648. The molecular weight excluding hydrogens is 377 g/mol. The molecule has 1 aromatic carbocycles. The highest BCUT2D eigenvalue weighted by molar-refractivity contribution is 7.91. The molecule has 1 atom stereocenters. The molecule has 2 heterocycles. The fraction of sp³-hybridized carbons (Fsp3) is 0.167. The number of halogens is 1. The summed E-state index contributed by atoms with van der Waals surface area (Å²) in [6, 6.07) is 10.2. The van der Waals surface area contributed by atoms with Crippen molar-refractivity contribution in [2.45, 2.75) is 17.1 Å². The van der Waals surface area contributed by atoms with Crippen LogP contribution in [0.15, 0.2) is 63.4 Å². The van der Waals surface area contributed by atoms with Gasteiger partial charge in [-0.25, -0.2) is 12.8 Å². The monoisotopic (exact) mass is 393 g/mol. The fourth-order valence-corrected chi connectivity index (χ4v) is 5.34. The van der Waals surface area contributed by atoms with Crippen LogP contribution in [0.3, 0.4) is 0 Å². The maximum Gasteiger partial charge on any atom is 0.287 e. The Morgan fingerprint density at radius 1 is 1.27 bits per heavy atom. The van der Waals surface area contributed by atoms with Crippen LogP contribution in [0, 0.1) is 12.7 Å². The molecular formula is C18H16FNO4S2. The minimum Gasteiger partial charge on any atom is -0.459 e. The Morgan fingerprint density at radius 2 is 2.08 bits per heavy atom. The van der Waals surface area contributed by atoms with Gasteiger partial charge >= 0.3 is 0 Å². The van der Waals surface area contributed by atoms with Crippen molar-refractivity contribution in [3.8, 4) is 0 Å². The first kappa shape index (κ1) is 18.3. The average Bonchev–Trinajstić information content (AvgIpc) is 3.30. The first-order valence-electron chi connectivity index (χ1n) is 7.75. The van der Waals surface area contributed by atoms with Crippen LogP contribution in [-0.4, -0.2) is 20.9 Å². The van der Waals surface area contributed by atoms with Crippen molar-refractivity contribution in [2.24, 2.45) is 0 Å². The van der Waals surface area contributed by atoms with E-state index in [1.807, 2.05) is 0 Å². The zero-order valence-corrected chi connectivity index (χ0v) is 15.4. The van der Waals surface area contributed by atoms with E-state index in [1.165, 1.54) is 42.7 Å². The van der Waals surface area contributed by atoms with Gasteiger partial charge in [0.1, 0.15) is 11.1 Å². The molecule has 2 aromatic heterocycles. The molecule has 8 heteroatoms. The number of amides is 1. The lowest BCUT2D eigenvalue weighted by atomic mass is 10.2. The van der Waals surface area contributed by atoms with E-state index in [2.05, 4.69) is 5.32 Å². The predicted molar refractivity (Wildman–Crippen MR) is 96.4 cm³/mol. The molecule has 0 aliphatic rings. The highest BCUT2D eigenvalue weighted by Crippen LogP contribution is 2.32. The van der Waals surface area contributed by atoms with Gasteiger partial charge in [-0.2, -0.15) is 0 Å². The molecule has 1 N–H and O–H groups in total. The summed E-state index contributed by atoms with van der Waals surface area (Å²) in [6.45, 7) is 1.38. The second-order valence-electron chi connectivity index (χ2n) is 5.65. The largest absolute Gasteiger partial charge is 0.459 e. The van der Waals surface area contributed by atoms with E-state index in [9.17, 15) is 17.6 Å². The summed E-state index contributed by atoms with van der Waals surface area (Å²) in [6.07, 6.45) is 1.36. The second-order valence-corrected chi connectivity index (χ2v) is 8.76. The van der Waals surface area contributed by atoms with Crippen LogP contribution >= 0.6 is 11.3 Å². The third kappa shape index (κ3) is 3.71. The molecule has 3 aromatic rings. The Labute approximate surface area is 154 Å². The van der Waals surface area contributed by atoms with Gasteiger partial charge in [0, 0.05) is 11.4 Å².